The highest BCUT2D eigenvalue weighted by Crippen LogP contribution is 2.19. The van der Waals surface area contributed by atoms with Crippen molar-refractivity contribution in [1.82, 2.24) is 21.0 Å². The van der Waals surface area contributed by atoms with Crippen molar-refractivity contribution in [2.24, 2.45) is 0 Å². The van der Waals surface area contributed by atoms with E-state index in [1.165, 1.54) is 0 Å². The monoisotopic (exact) mass is 428 g/mol. The van der Waals surface area contributed by atoms with Gasteiger partial charge in [0.05, 0.1) is 0 Å². The first-order chi connectivity index (χ1) is 14.4. The molecule has 1 aromatic heterocycles. The smallest absolute Gasteiger partial charge is 0.276 e. The first-order valence-corrected chi connectivity index (χ1v) is 9.65. The maximum atomic E-state index is 11.9. The Morgan fingerprint density at radius 1 is 1.07 bits per heavy atom. The van der Waals surface area contributed by atoms with Crippen molar-refractivity contribution in [2.75, 3.05) is 6.61 Å². The second kappa shape index (κ2) is 9.89. The topological polar surface area (TPSA) is 106 Å². The Balaban J connectivity index is 1.40. The predicted octanol–water partition coefficient (Wildman–Crippen LogP) is 3.17. The van der Waals surface area contributed by atoms with Crippen LogP contribution in [0.5, 0.6) is 5.75 Å². The van der Waals surface area contributed by atoms with Gasteiger partial charge in [0.2, 0.25) is 17.6 Å². The Morgan fingerprint density at radius 3 is 2.57 bits per heavy atom. The van der Waals surface area contributed by atoms with Crippen LogP contribution in [0.25, 0.3) is 11.4 Å². The molecule has 0 aliphatic carbocycles. The lowest BCUT2D eigenvalue weighted by Gasteiger charge is -2.10. The van der Waals surface area contributed by atoms with E-state index >= 15 is 0 Å². The minimum absolute atomic E-state index is 0.0698. The fourth-order valence-electron chi connectivity index (χ4n) is 2.54. The number of carbonyl (C=O) groups is 2. The predicted molar refractivity (Wildman–Crippen MR) is 111 cm³/mol. The van der Waals surface area contributed by atoms with Crippen LogP contribution >= 0.6 is 11.6 Å². The summed E-state index contributed by atoms with van der Waals surface area (Å²) < 4.78 is 10.6. The number of benzene rings is 2. The van der Waals surface area contributed by atoms with Gasteiger partial charge in [-0.05, 0) is 55.3 Å². The van der Waals surface area contributed by atoms with Gasteiger partial charge in [0.25, 0.3) is 5.91 Å². The normalized spacial score (nSPS) is 10.5. The number of rotatable bonds is 7. The highest BCUT2D eigenvalue weighted by Gasteiger charge is 2.12. The standard InChI is InChI=1S/C21H21ClN4O4/c1-13-3-4-14(2)17(11-13)29-12-19(28)25-24-18(27)9-10-20-23-21(26-30-20)15-5-7-16(22)8-6-15/h3-8,11H,9-10,12H2,1-2H3,(H,24,27)(H,25,28). The van der Waals surface area contributed by atoms with Crippen molar-refractivity contribution in [3.63, 3.8) is 0 Å². The number of aryl methyl sites for hydroxylation is 3. The van der Waals surface area contributed by atoms with Crippen molar-refractivity contribution in [3.8, 4) is 17.1 Å². The Kier molecular flexibility index (Phi) is 7.03. The number of halogens is 1. The number of nitrogens with one attached hydrogen (secondary N) is 2. The van der Waals surface area contributed by atoms with Crippen LogP contribution in [-0.4, -0.2) is 28.6 Å². The summed E-state index contributed by atoms with van der Waals surface area (Å²) in [7, 11) is 0. The summed E-state index contributed by atoms with van der Waals surface area (Å²) in [5.41, 5.74) is 7.37. The van der Waals surface area contributed by atoms with E-state index in [1.54, 1.807) is 24.3 Å². The van der Waals surface area contributed by atoms with Gasteiger partial charge >= 0.3 is 0 Å². The summed E-state index contributed by atoms with van der Waals surface area (Å²) >= 11 is 5.86. The van der Waals surface area contributed by atoms with Crippen molar-refractivity contribution in [2.45, 2.75) is 26.7 Å². The zero-order valence-electron chi connectivity index (χ0n) is 16.6. The van der Waals surface area contributed by atoms with Crippen molar-refractivity contribution >= 4 is 23.4 Å². The minimum Gasteiger partial charge on any atom is -0.483 e. The third-order valence-electron chi connectivity index (χ3n) is 4.18. The molecule has 1 heterocycles. The Bertz CT molecular complexity index is 1030. The second-order valence-corrected chi connectivity index (χ2v) is 7.11. The molecule has 0 saturated heterocycles. The average molecular weight is 429 g/mol. The molecule has 2 N–H and O–H groups in total. The van der Waals surface area contributed by atoms with Gasteiger partial charge in [-0.25, -0.2) is 0 Å². The third-order valence-corrected chi connectivity index (χ3v) is 4.43. The van der Waals surface area contributed by atoms with Crippen LogP contribution in [0.15, 0.2) is 47.0 Å². The molecule has 0 atom stereocenters. The van der Waals surface area contributed by atoms with E-state index < -0.39 is 5.91 Å². The number of amides is 2. The average Bonchev–Trinajstić information content (AvgIpc) is 3.21. The number of carbonyl (C=O) groups excluding carboxylic acids is 2. The highest BCUT2D eigenvalue weighted by molar-refractivity contribution is 6.30. The highest BCUT2D eigenvalue weighted by atomic mass is 35.5. The van der Waals surface area contributed by atoms with E-state index in [2.05, 4.69) is 21.0 Å². The van der Waals surface area contributed by atoms with Gasteiger partial charge < -0.3 is 9.26 Å². The van der Waals surface area contributed by atoms with Gasteiger partial charge in [-0.3, -0.25) is 20.4 Å². The summed E-state index contributed by atoms with van der Waals surface area (Å²) in [5, 5.41) is 4.50. The van der Waals surface area contributed by atoms with E-state index in [0.717, 1.165) is 16.7 Å². The fourth-order valence-corrected chi connectivity index (χ4v) is 2.66. The molecule has 3 rings (SSSR count). The molecule has 0 spiro atoms. The molecule has 0 saturated carbocycles. The number of hydrogen-bond donors (Lipinski definition) is 2. The van der Waals surface area contributed by atoms with E-state index in [0.29, 0.717) is 22.5 Å². The molecule has 0 unspecified atom stereocenters. The first kappa shape index (κ1) is 21.3. The molecule has 0 aliphatic rings. The Labute approximate surface area is 178 Å². The van der Waals surface area contributed by atoms with E-state index in [9.17, 15) is 9.59 Å². The maximum Gasteiger partial charge on any atom is 0.276 e. The van der Waals surface area contributed by atoms with Gasteiger partial charge in [0.15, 0.2) is 6.61 Å². The van der Waals surface area contributed by atoms with Crippen LogP contribution in [0.1, 0.15) is 23.4 Å². The van der Waals surface area contributed by atoms with Gasteiger partial charge in [-0.15, -0.1) is 0 Å². The summed E-state index contributed by atoms with van der Waals surface area (Å²) in [4.78, 5) is 28.1. The molecule has 0 aliphatic heterocycles. The molecular formula is C21H21ClN4O4. The molecule has 8 nitrogen and oxygen atoms in total. The number of ether oxygens (including phenoxy) is 1. The van der Waals surface area contributed by atoms with Gasteiger partial charge in [0, 0.05) is 23.4 Å². The Morgan fingerprint density at radius 2 is 1.80 bits per heavy atom. The van der Waals surface area contributed by atoms with Crippen molar-refractivity contribution < 1.29 is 18.8 Å². The van der Waals surface area contributed by atoms with Crippen LogP contribution in [0, 0.1) is 13.8 Å². The third kappa shape index (κ3) is 6.05. The lowest BCUT2D eigenvalue weighted by molar-refractivity contribution is -0.130. The molecule has 3 aromatic rings. The quantitative estimate of drug-likeness (QED) is 0.560. The summed E-state index contributed by atoms with van der Waals surface area (Å²) in [6.07, 6.45) is 0.307. The number of hydrogen-bond acceptors (Lipinski definition) is 6. The molecule has 156 valence electrons. The summed E-state index contributed by atoms with van der Waals surface area (Å²) in [6, 6.07) is 12.7. The molecule has 0 radical (unpaired) electrons. The number of nitrogens with zero attached hydrogens (tertiary/aromatic N) is 2. The molecule has 2 amide bonds. The lowest BCUT2D eigenvalue weighted by Crippen LogP contribution is -2.43. The SMILES string of the molecule is Cc1ccc(C)c(OCC(=O)NNC(=O)CCc2nc(-c3ccc(Cl)cc3)no2)c1. The zero-order chi connectivity index (χ0) is 21.5. The molecular weight excluding hydrogens is 408 g/mol. The van der Waals surface area contributed by atoms with E-state index in [4.69, 9.17) is 20.9 Å². The summed E-state index contributed by atoms with van der Waals surface area (Å²) in [5.74, 6) is 0.511. The Hall–Kier alpha value is -3.39. The molecule has 30 heavy (non-hydrogen) atoms. The molecule has 0 fully saturated rings. The lowest BCUT2D eigenvalue weighted by atomic mass is 10.1. The minimum atomic E-state index is -0.466. The van der Waals surface area contributed by atoms with E-state index in [-0.39, 0.29) is 25.4 Å². The number of aromatic nitrogens is 2. The first-order valence-electron chi connectivity index (χ1n) is 9.27. The van der Waals surface area contributed by atoms with Gasteiger partial charge in [-0.2, -0.15) is 4.98 Å². The van der Waals surface area contributed by atoms with Crippen LogP contribution in [0.4, 0.5) is 0 Å². The maximum absolute atomic E-state index is 11.9. The largest absolute Gasteiger partial charge is 0.483 e. The van der Waals surface area contributed by atoms with Gasteiger partial charge in [-0.1, -0.05) is 28.9 Å². The van der Waals surface area contributed by atoms with Gasteiger partial charge in [0.1, 0.15) is 5.75 Å². The van der Waals surface area contributed by atoms with Crippen LogP contribution in [-0.2, 0) is 16.0 Å². The second-order valence-electron chi connectivity index (χ2n) is 6.67. The molecule has 2 aromatic carbocycles. The van der Waals surface area contributed by atoms with E-state index in [1.807, 2.05) is 32.0 Å². The molecule has 9 heteroatoms. The van der Waals surface area contributed by atoms with Crippen LogP contribution in [0.2, 0.25) is 5.02 Å². The fraction of sp³-hybridized carbons (Fsp3) is 0.238. The van der Waals surface area contributed by atoms with Crippen LogP contribution in [0.3, 0.4) is 0 Å². The van der Waals surface area contributed by atoms with Crippen LogP contribution < -0.4 is 15.6 Å². The van der Waals surface area contributed by atoms with Crippen molar-refractivity contribution in [1.29, 1.82) is 0 Å². The number of hydrazine groups is 1. The zero-order valence-corrected chi connectivity index (χ0v) is 17.3. The van der Waals surface area contributed by atoms with Crippen molar-refractivity contribution in [3.05, 3.63) is 64.5 Å². The summed E-state index contributed by atoms with van der Waals surface area (Å²) in [6.45, 7) is 3.62. The molecule has 0 bridgehead atoms.